The number of nitro benzene ring substituents is 1. The van der Waals surface area contributed by atoms with Gasteiger partial charge < -0.3 is 14.5 Å². The topological polar surface area (TPSA) is 75.9 Å². The van der Waals surface area contributed by atoms with Crippen molar-refractivity contribution in [2.75, 3.05) is 37.7 Å². The largest absolute Gasteiger partial charge is 0.483 e. The smallest absolute Gasteiger partial charge is 0.269 e. The molecule has 27 heavy (non-hydrogen) atoms. The van der Waals surface area contributed by atoms with E-state index in [1.165, 1.54) is 12.1 Å². The summed E-state index contributed by atoms with van der Waals surface area (Å²) in [4.78, 5) is 26.6. The fraction of sp³-hybridized carbons (Fsp3) is 0.278. The number of carbonyl (C=O) groups is 1. The Morgan fingerprint density at radius 3 is 2.33 bits per heavy atom. The first-order valence-electron chi connectivity index (χ1n) is 8.29. The third kappa shape index (κ3) is 4.98. The van der Waals surface area contributed by atoms with E-state index in [0.29, 0.717) is 31.9 Å². The number of hydrogen-bond acceptors (Lipinski definition) is 5. The van der Waals surface area contributed by atoms with Gasteiger partial charge in [-0.2, -0.15) is 0 Å². The van der Waals surface area contributed by atoms with Gasteiger partial charge in [0.1, 0.15) is 5.75 Å². The molecule has 2 aromatic rings. The summed E-state index contributed by atoms with van der Waals surface area (Å²) in [5, 5.41) is 10.7. The number of hydrogen-bond donors (Lipinski definition) is 0. The van der Waals surface area contributed by atoms with Crippen LogP contribution >= 0.6 is 31.9 Å². The Balaban J connectivity index is 1.51. The number of nitro groups is 1. The zero-order valence-electron chi connectivity index (χ0n) is 14.3. The average Bonchev–Trinajstić information content (AvgIpc) is 2.67. The van der Waals surface area contributed by atoms with Crippen LogP contribution in [0.4, 0.5) is 11.4 Å². The summed E-state index contributed by atoms with van der Waals surface area (Å²) in [6.45, 7) is 2.50. The van der Waals surface area contributed by atoms with Crippen molar-refractivity contribution in [1.29, 1.82) is 0 Å². The van der Waals surface area contributed by atoms with E-state index in [-0.39, 0.29) is 18.2 Å². The normalized spacial score (nSPS) is 14.1. The Morgan fingerprint density at radius 1 is 1.07 bits per heavy atom. The van der Waals surface area contributed by atoms with Gasteiger partial charge in [-0.15, -0.1) is 0 Å². The molecule has 1 heterocycles. The van der Waals surface area contributed by atoms with Gasteiger partial charge in [-0.1, -0.05) is 15.9 Å². The second-order valence-electron chi connectivity index (χ2n) is 6.00. The summed E-state index contributed by atoms with van der Waals surface area (Å²) in [5.41, 5.74) is 0.992. The highest BCUT2D eigenvalue weighted by atomic mass is 79.9. The van der Waals surface area contributed by atoms with Gasteiger partial charge in [0.25, 0.3) is 11.6 Å². The third-order valence-electron chi connectivity index (χ3n) is 4.30. The Kier molecular flexibility index (Phi) is 6.33. The van der Waals surface area contributed by atoms with Gasteiger partial charge >= 0.3 is 0 Å². The Bertz CT molecular complexity index is 837. The molecule has 0 unspecified atom stereocenters. The highest BCUT2D eigenvalue weighted by Gasteiger charge is 2.22. The van der Waals surface area contributed by atoms with Crippen LogP contribution in [0.1, 0.15) is 0 Å². The number of non-ortho nitro benzene ring substituents is 1. The van der Waals surface area contributed by atoms with Gasteiger partial charge in [0, 0.05) is 48.5 Å². The van der Waals surface area contributed by atoms with Gasteiger partial charge in [0.2, 0.25) is 0 Å². The molecule has 142 valence electrons. The summed E-state index contributed by atoms with van der Waals surface area (Å²) in [5.74, 6) is 0.559. The van der Waals surface area contributed by atoms with Crippen LogP contribution in [-0.2, 0) is 4.79 Å². The molecule has 1 saturated heterocycles. The molecule has 1 amide bonds. The van der Waals surface area contributed by atoms with E-state index in [4.69, 9.17) is 4.74 Å². The van der Waals surface area contributed by atoms with E-state index in [0.717, 1.165) is 14.6 Å². The molecule has 0 aromatic heterocycles. The Labute approximate surface area is 173 Å². The van der Waals surface area contributed by atoms with Gasteiger partial charge in [0.15, 0.2) is 6.61 Å². The van der Waals surface area contributed by atoms with Crippen molar-refractivity contribution >= 4 is 49.1 Å². The zero-order valence-corrected chi connectivity index (χ0v) is 17.5. The number of nitrogens with zero attached hydrogens (tertiary/aromatic N) is 3. The van der Waals surface area contributed by atoms with E-state index in [1.807, 2.05) is 12.1 Å². The fourth-order valence-electron chi connectivity index (χ4n) is 2.82. The monoisotopic (exact) mass is 497 g/mol. The molecule has 9 heteroatoms. The van der Waals surface area contributed by atoms with Crippen LogP contribution < -0.4 is 9.64 Å². The minimum Gasteiger partial charge on any atom is -0.483 e. The molecule has 2 aromatic carbocycles. The van der Waals surface area contributed by atoms with Crippen LogP contribution in [0.15, 0.2) is 51.4 Å². The lowest BCUT2D eigenvalue weighted by Gasteiger charge is -2.36. The quantitative estimate of drug-likeness (QED) is 0.462. The standard InChI is InChI=1S/C18H17Br2N3O4/c19-13-1-6-17(16(20)11-13)27-12-18(24)22-9-7-21(8-10-22)14-2-4-15(5-3-14)23(25)26/h1-6,11H,7-10,12H2. The first-order valence-corrected chi connectivity index (χ1v) is 9.87. The first-order chi connectivity index (χ1) is 12.9. The molecular formula is C18H17Br2N3O4. The van der Waals surface area contributed by atoms with Gasteiger partial charge in [-0.05, 0) is 46.3 Å². The number of amides is 1. The maximum atomic E-state index is 12.4. The van der Waals surface area contributed by atoms with Crippen molar-refractivity contribution < 1.29 is 14.5 Å². The highest BCUT2D eigenvalue weighted by Crippen LogP contribution is 2.28. The van der Waals surface area contributed by atoms with Gasteiger partial charge in [-0.3, -0.25) is 14.9 Å². The van der Waals surface area contributed by atoms with Crippen LogP contribution in [0.2, 0.25) is 0 Å². The van der Waals surface area contributed by atoms with E-state index in [9.17, 15) is 14.9 Å². The lowest BCUT2D eigenvalue weighted by molar-refractivity contribution is -0.384. The SMILES string of the molecule is O=C(COc1ccc(Br)cc1Br)N1CCN(c2ccc([N+](=O)[O-])cc2)CC1. The van der Waals surface area contributed by atoms with Crippen LogP contribution in [-0.4, -0.2) is 48.5 Å². The molecule has 0 radical (unpaired) electrons. The predicted molar refractivity (Wildman–Crippen MR) is 109 cm³/mol. The third-order valence-corrected chi connectivity index (χ3v) is 5.42. The number of benzene rings is 2. The maximum Gasteiger partial charge on any atom is 0.269 e. The van der Waals surface area contributed by atoms with Crippen molar-refractivity contribution in [3.05, 3.63) is 61.5 Å². The van der Waals surface area contributed by atoms with E-state index in [2.05, 4.69) is 36.8 Å². The van der Waals surface area contributed by atoms with Crippen LogP contribution in [0.3, 0.4) is 0 Å². The molecule has 1 aliphatic heterocycles. The van der Waals surface area contributed by atoms with Crippen molar-refractivity contribution in [1.82, 2.24) is 4.90 Å². The number of anilines is 1. The van der Waals surface area contributed by atoms with Gasteiger partial charge in [0.05, 0.1) is 9.40 Å². The molecule has 0 saturated carbocycles. The average molecular weight is 499 g/mol. The predicted octanol–water partition coefficient (Wildman–Crippen LogP) is 3.85. The molecule has 7 nitrogen and oxygen atoms in total. The number of carbonyl (C=O) groups excluding carboxylic acids is 1. The highest BCUT2D eigenvalue weighted by molar-refractivity contribution is 9.11. The van der Waals surface area contributed by atoms with E-state index < -0.39 is 4.92 Å². The van der Waals surface area contributed by atoms with Crippen molar-refractivity contribution in [2.45, 2.75) is 0 Å². The van der Waals surface area contributed by atoms with E-state index >= 15 is 0 Å². The molecular weight excluding hydrogens is 482 g/mol. The molecule has 0 bridgehead atoms. The Morgan fingerprint density at radius 2 is 1.74 bits per heavy atom. The molecule has 0 spiro atoms. The summed E-state index contributed by atoms with van der Waals surface area (Å²) >= 11 is 6.79. The Hall–Kier alpha value is -2.13. The second kappa shape index (κ2) is 8.71. The maximum absolute atomic E-state index is 12.4. The molecule has 1 aliphatic rings. The zero-order chi connectivity index (χ0) is 19.4. The van der Waals surface area contributed by atoms with Gasteiger partial charge in [-0.25, -0.2) is 0 Å². The fourth-order valence-corrected chi connectivity index (χ4v) is 3.98. The summed E-state index contributed by atoms with van der Waals surface area (Å²) in [6.07, 6.45) is 0. The van der Waals surface area contributed by atoms with Crippen LogP contribution in [0.25, 0.3) is 0 Å². The summed E-state index contributed by atoms with van der Waals surface area (Å²) < 4.78 is 7.33. The van der Waals surface area contributed by atoms with E-state index in [1.54, 1.807) is 23.1 Å². The van der Waals surface area contributed by atoms with Crippen LogP contribution in [0, 0.1) is 10.1 Å². The van der Waals surface area contributed by atoms with Crippen molar-refractivity contribution in [3.8, 4) is 5.75 Å². The van der Waals surface area contributed by atoms with Crippen LogP contribution in [0.5, 0.6) is 5.75 Å². The minimum atomic E-state index is -0.413. The number of ether oxygens (including phenoxy) is 1. The molecule has 0 N–H and O–H groups in total. The molecule has 0 aliphatic carbocycles. The number of piperazine rings is 1. The first kappa shape index (κ1) is 19.6. The minimum absolute atomic E-state index is 0.0161. The molecule has 0 atom stereocenters. The number of halogens is 2. The molecule has 1 fully saturated rings. The summed E-state index contributed by atoms with van der Waals surface area (Å²) in [7, 11) is 0. The second-order valence-corrected chi connectivity index (χ2v) is 7.77. The lowest BCUT2D eigenvalue weighted by atomic mass is 10.2. The molecule has 3 rings (SSSR count). The summed E-state index contributed by atoms with van der Waals surface area (Å²) in [6, 6.07) is 12.0. The van der Waals surface area contributed by atoms with Crippen molar-refractivity contribution in [3.63, 3.8) is 0 Å². The van der Waals surface area contributed by atoms with Crippen molar-refractivity contribution in [2.24, 2.45) is 0 Å². The number of rotatable bonds is 5. The lowest BCUT2D eigenvalue weighted by Crippen LogP contribution is -2.50.